The smallest absolute Gasteiger partial charge is 0.219 e. The van der Waals surface area contributed by atoms with Crippen molar-refractivity contribution in [1.29, 1.82) is 0 Å². The van der Waals surface area contributed by atoms with E-state index in [9.17, 15) is 9.90 Å². The molecule has 0 aliphatic carbocycles. The Balaban J connectivity index is 2.34. The Labute approximate surface area is 72.8 Å². The van der Waals surface area contributed by atoms with Crippen molar-refractivity contribution in [1.82, 2.24) is 9.80 Å². The summed E-state index contributed by atoms with van der Waals surface area (Å²) in [6, 6.07) is 0. The Morgan fingerprint density at radius 2 is 1.75 bits per heavy atom. The molecule has 0 saturated carbocycles. The van der Waals surface area contributed by atoms with Crippen LogP contribution in [0.5, 0.6) is 0 Å². The molecule has 1 rings (SSSR count). The first-order valence-corrected chi connectivity index (χ1v) is 4.26. The van der Waals surface area contributed by atoms with Crippen LogP contribution in [0.3, 0.4) is 0 Å². The van der Waals surface area contributed by atoms with Gasteiger partial charge in [0.05, 0.1) is 0 Å². The highest BCUT2D eigenvalue weighted by Gasteiger charge is 2.21. The maximum atomic E-state index is 11.0. The summed E-state index contributed by atoms with van der Waals surface area (Å²) in [4.78, 5) is 14.5. The number of amides is 1. The topological polar surface area (TPSA) is 43.5 Å². The van der Waals surface area contributed by atoms with Crippen LogP contribution in [0.15, 0.2) is 0 Å². The Bertz CT molecular complexity index is 162. The lowest BCUT2D eigenvalue weighted by molar-refractivity contribution is -0.133. The Morgan fingerprint density at radius 1 is 1.25 bits per heavy atom. The second kappa shape index (κ2) is 3.87. The molecule has 1 fully saturated rings. The number of nitrogens with zero attached hydrogens (tertiary/aromatic N) is 2. The van der Waals surface area contributed by atoms with Gasteiger partial charge in [0, 0.05) is 33.1 Å². The third-order valence-electron chi connectivity index (χ3n) is 2.27. The zero-order valence-corrected chi connectivity index (χ0v) is 7.62. The van der Waals surface area contributed by atoms with Crippen molar-refractivity contribution in [3.63, 3.8) is 0 Å². The van der Waals surface area contributed by atoms with Crippen LogP contribution in [0.4, 0.5) is 0 Å². The number of piperazine rings is 1. The first kappa shape index (κ1) is 9.48. The summed E-state index contributed by atoms with van der Waals surface area (Å²) in [7, 11) is 0. The maximum absolute atomic E-state index is 11.0. The van der Waals surface area contributed by atoms with Crippen LogP contribution in [-0.2, 0) is 9.90 Å². The van der Waals surface area contributed by atoms with Gasteiger partial charge in [0.2, 0.25) is 5.91 Å². The quantitative estimate of drug-likeness (QED) is 0.554. The highest BCUT2D eigenvalue weighted by Crippen LogP contribution is 2.04. The number of carbonyl (C=O) groups is 1. The SMILES string of the molecule is CC(=O)N1CCN(C(C)[O])CC1. The predicted octanol–water partition coefficient (Wildman–Crippen LogP) is -0.0730. The molecular formula is C8H15N2O2. The fourth-order valence-corrected chi connectivity index (χ4v) is 1.40. The van der Waals surface area contributed by atoms with Crippen molar-refractivity contribution in [2.75, 3.05) is 26.2 Å². The molecule has 1 amide bonds. The summed E-state index contributed by atoms with van der Waals surface area (Å²) in [6.45, 7) is 6.03. The van der Waals surface area contributed by atoms with Crippen molar-refractivity contribution in [3.05, 3.63) is 0 Å². The normalized spacial score (nSPS) is 22.4. The van der Waals surface area contributed by atoms with Crippen LogP contribution in [0.2, 0.25) is 0 Å². The molecule has 4 heteroatoms. The van der Waals surface area contributed by atoms with E-state index >= 15 is 0 Å². The fraction of sp³-hybridized carbons (Fsp3) is 0.875. The molecule has 0 spiro atoms. The molecule has 12 heavy (non-hydrogen) atoms. The van der Waals surface area contributed by atoms with Crippen LogP contribution < -0.4 is 0 Å². The lowest BCUT2D eigenvalue weighted by Crippen LogP contribution is -2.50. The average molecular weight is 171 g/mol. The molecule has 4 nitrogen and oxygen atoms in total. The van der Waals surface area contributed by atoms with E-state index in [4.69, 9.17) is 0 Å². The summed E-state index contributed by atoms with van der Waals surface area (Å²) >= 11 is 0. The molecule has 0 aromatic heterocycles. The van der Waals surface area contributed by atoms with Gasteiger partial charge in [-0.15, -0.1) is 0 Å². The van der Waals surface area contributed by atoms with Crippen LogP contribution >= 0.6 is 0 Å². The Kier molecular flexibility index (Phi) is 3.05. The summed E-state index contributed by atoms with van der Waals surface area (Å²) in [5.41, 5.74) is 0. The summed E-state index contributed by atoms with van der Waals surface area (Å²) < 4.78 is 0. The van der Waals surface area contributed by atoms with Crippen LogP contribution in [0, 0.1) is 0 Å². The van der Waals surface area contributed by atoms with Gasteiger partial charge in [-0.05, 0) is 6.92 Å². The number of hydrogen-bond donors (Lipinski definition) is 0. The summed E-state index contributed by atoms with van der Waals surface area (Å²) in [5.74, 6) is 0.105. The van der Waals surface area contributed by atoms with Crippen LogP contribution in [0.1, 0.15) is 13.8 Å². The third-order valence-corrected chi connectivity index (χ3v) is 2.27. The van der Waals surface area contributed by atoms with Gasteiger partial charge >= 0.3 is 0 Å². The monoisotopic (exact) mass is 171 g/mol. The summed E-state index contributed by atoms with van der Waals surface area (Å²) in [6.07, 6.45) is -0.640. The minimum Gasteiger partial charge on any atom is -0.340 e. The zero-order chi connectivity index (χ0) is 9.14. The van der Waals surface area contributed by atoms with E-state index in [1.807, 2.05) is 4.90 Å². The van der Waals surface area contributed by atoms with E-state index in [2.05, 4.69) is 0 Å². The van der Waals surface area contributed by atoms with Gasteiger partial charge in [0.25, 0.3) is 0 Å². The van der Waals surface area contributed by atoms with Gasteiger partial charge in [0.1, 0.15) is 6.23 Å². The van der Waals surface area contributed by atoms with Crippen molar-refractivity contribution >= 4 is 5.91 Å². The lowest BCUT2D eigenvalue weighted by Gasteiger charge is -2.34. The largest absolute Gasteiger partial charge is 0.340 e. The second-order valence-electron chi connectivity index (χ2n) is 3.14. The Hall–Kier alpha value is -0.610. The van der Waals surface area contributed by atoms with Gasteiger partial charge in [-0.1, -0.05) is 0 Å². The van der Waals surface area contributed by atoms with Gasteiger partial charge in [-0.3, -0.25) is 9.69 Å². The van der Waals surface area contributed by atoms with Crippen molar-refractivity contribution in [2.45, 2.75) is 20.1 Å². The molecule has 0 bridgehead atoms. The van der Waals surface area contributed by atoms with Crippen molar-refractivity contribution in [3.8, 4) is 0 Å². The van der Waals surface area contributed by atoms with Gasteiger partial charge in [-0.25, -0.2) is 5.11 Å². The molecule has 1 saturated heterocycles. The zero-order valence-electron chi connectivity index (χ0n) is 7.62. The first-order chi connectivity index (χ1) is 5.61. The van der Waals surface area contributed by atoms with Crippen LogP contribution in [0.25, 0.3) is 0 Å². The standard InChI is InChI=1S/C8H15N2O2/c1-7(11)9-3-5-10(6-4-9)8(2)12/h7H,3-6H2,1-2H3. The first-order valence-electron chi connectivity index (χ1n) is 4.26. The molecule has 0 aromatic carbocycles. The van der Waals surface area contributed by atoms with Crippen molar-refractivity contribution in [2.24, 2.45) is 0 Å². The molecule has 1 unspecified atom stereocenters. The van der Waals surface area contributed by atoms with Gasteiger partial charge < -0.3 is 4.90 Å². The molecule has 69 valence electrons. The minimum absolute atomic E-state index is 0.105. The summed E-state index contributed by atoms with van der Waals surface area (Å²) in [5, 5.41) is 11.0. The molecule has 1 heterocycles. The predicted molar refractivity (Wildman–Crippen MR) is 44.0 cm³/mol. The molecule has 1 aliphatic rings. The number of hydrogen-bond acceptors (Lipinski definition) is 2. The second-order valence-corrected chi connectivity index (χ2v) is 3.14. The van der Waals surface area contributed by atoms with E-state index < -0.39 is 6.23 Å². The van der Waals surface area contributed by atoms with Gasteiger partial charge in [0.15, 0.2) is 0 Å². The third kappa shape index (κ3) is 2.19. The maximum Gasteiger partial charge on any atom is 0.219 e. The molecular weight excluding hydrogens is 156 g/mol. The molecule has 0 N–H and O–H groups in total. The van der Waals surface area contributed by atoms with E-state index in [1.165, 1.54) is 0 Å². The van der Waals surface area contributed by atoms with E-state index in [1.54, 1.807) is 18.7 Å². The van der Waals surface area contributed by atoms with E-state index in [0.717, 1.165) is 0 Å². The molecule has 1 radical (unpaired) electrons. The highest BCUT2D eigenvalue weighted by atomic mass is 16.3. The van der Waals surface area contributed by atoms with Gasteiger partial charge in [-0.2, -0.15) is 0 Å². The minimum atomic E-state index is -0.640. The lowest BCUT2D eigenvalue weighted by atomic mass is 10.3. The van der Waals surface area contributed by atoms with Crippen LogP contribution in [-0.4, -0.2) is 48.1 Å². The molecule has 0 aromatic rings. The number of carbonyl (C=O) groups excluding carboxylic acids is 1. The molecule has 1 atom stereocenters. The average Bonchev–Trinajstić information content (AvgIpc) is 2.04. The molecule has 1 aliphatic heterocycles. The highest BCUT2D eigenvalue weighted by molar-refractivity contribution is 5.73. The van der Waals surface area contributed by atoms with E-state index in [0.29, 0.717) is 26.2 Å². The number of rotatable bonds is 1. The van der Waals surface area contributed by atoms with E-state index in [-0.39, 0.29) is 5.91 Å². The van der Waals surface area contributed by atoms with Crippen molar-refractivity contribution < 1.29 is 9.90 Å². The fourth-order valence-electron chi connectivity index (χ4n) is 1.40. The Morgan fingerprint density at radius 3 is 2.08 bits per heavy atom.